The van der Waals surface area contributed by atoms with E-state index in [1.165, 1.54) is 19.2 Å². The lowest BCUT2D eigenvalue weighted by molar-refractivity contribution is -0.137. The van der Waals surface area contributed by atoms with Gasteiger partial charge in [-0.15, -0.1) is 5.10 Å². The number of piperazine rings is 1. The highest BCUT2D eigenvalue weighted by Crippen LogP contribution is 2.35. The molecule has 1 aliphatic heterocycles. The molecule has 2 heterocycles. The van der Waals surface area contributed by atoms with Gasteiger partial charge in [-0.2, -0.15) is 17.9 Å². The number of aryl methyl sites for hydroxylation is 2. The lowest BCUT2D eigenvalue weighted by Crippen LogP contribution is -2.48. The number of alkyl halides is 3. The van der Waals surface area contributed by atoms with E-state index in [2.05, 4.69) is 25.3 Å². The van der Waals surface area contributed by atoms with Crippen LogP contribution >= 0.6 is 0 Å². The number of halogens is 3. The molecule has 0 amide bonds. The molecule has 5 rings (SSSR count). The van der Waals surface area contributed by atoms with E-state index >= 15 is 0 Å². The van der Waals surface area contributed by atoms with Crippen molar-refractivity contribution in [1.82, 2.24) is 30.0 Å². The summed E-state index contributed by atoms with van der Waals surface area (Å²) in [5, 5.41) is 22.4. The van der Waals surface area contributed by atoms with Crippen LogP contribution in [0.15, 0.2) is 66.7 Å². The number of aromatic nitrogens is 4. The number of rotatable bonds is 8. The van der Waals surface area contributed by atoms with Crippen LogP contribution in [-0.2, 0) is 6.18 Å². The Hall–Kier alpha value is -4.22. The number of para-hydroxylation sites is 1. The van der Waals surface area contributed by atoms with Crippen LogP contribution in [0.25, 0.3) is 11.8 Å². The molecule has 1 fully saturated rings. The van der Waals surface area contributed by atoms with Gasteiger partial charge in [0.2, 0.25) is 0 Å². The number of benzene rings is 3. The Morgan fingerprint density at radius 1 is 0.976 bits per heavy atom. The summed E-state index contributed by atoms with van der Waals surface area (Å²) < 4.78 is 48.0. The third-order valence-corrected chi connectivity index (χ3v) is 7.57. The molecule has 4 aromatic rings. The molecule has 3 aromatic carbocycles. The van der Waals surface area contributed by atoms with E-state index in [1.807, 2.05) is 50.3 Å². The van der Waals surface area contributed by atoms with Crippen molar-refractivity contribution in [3.05, 3.63) is 100 Å². The van der Waals surface area contributed by atoms with Gasteiger partial charge in [0.05, 0.1) is 24.4 Å². The molecule has 0 bridgehead atoms. The quantitative estimate of drug-likeness (QED) is 0.299. The van der Waals surface area contributed by atoms with Crippen molar-refractivity contribution in [3.63, 3.8) is 0 Å². The van der Waals surface area contributed by atoms with Crippen molar-refractivity contribution in [2.45, 2.75) is 26.1 Å². The van der Waals surface area contributed by atoms with Crippen LogP contribution in [0.4, 0.5) is 13.2 Å². The summed E-state index contributed by atoms with van der Waals surface area (Å²) in [5.41, 5.74) is 3.45. The Labute approximate surface area is 242 Å². The molecule has 42 heavy (non-hydrogen) atoms. The Bertz CT molecular complexity index is 1540. The number of nitrogens with zero attached hydrogens (tertiary/aromatic N) is 6. The molecule has 1 aliphatic rings. The molecular formula is C31H33F3N6O2. The van der Waals surface area contributed by atoms with Gasteiger partial charge in [0.1, 0.15) is 0 Å². The van der Waals surface area contributed by atoms with Gasteiger partial charge < -0.3 is 9.84 Å². The molecule has 11 heteroatoms. The second-order valence-electron chi connectivity index (χ2n) is 10.4. The van der Waals surface area contributed by atoms with E-state index < -0.39 is 17.8 Å². The molecule has 0 spiro atoms. The lowest BCUT2D eigenvalue weighted by atomic mass is 10.00. The molecule has 1 aromatic heterocycles. The lowest BCUT2D eigenvalue weighted by Gasteiger charge is -2.38. The summed E-state index contributed by atoms with van der Waals surface area (Å²) in [7, 11) is 1.51. The van der Waals surface area contributed by atoms with Gasteiger partial charge in [0.15, 0.2) is 17.3 Å². The highest BCUT2D eigenvalue weighted by atomic mass is 19.4. The van der Waals surface area contributed by atoms with Crippen molar-refractivity contribution in [2.75, 3.05) is 39.8 Å². The van der Waals surface area contributed by atoms with E-state index in [1.54, 1.807) is 22.9 Å². The molecule has 8 nitrogen and oxygen atoms in total. The number of tetrazole rings is 1. The topological polar surface area (TPSA) is 79.5 Å². The van der Waals surface area contributed by atoms with Crippen molar-refractivity contribution in [2.24, 2.45) is 0 Å². The van der Waals surface area contributed by atoms with Crippen LogP contribution in [0.1, 0.15) is 39.7 Å². The molecule has 1 atom stereocenters. The van der Waals surface area contributed by atoms with Crippen molar-refractivity contribution in [3.8, 4) is 17.2 Å². The first-order chi connectivity index (χ1) is 20.2. The zero-order chi connectivity index (χ0) is 29.9. The minimum atomic E-state index is -4.47. The first kappa shape index (κ1) is 29.3. The zero-order valence-electron chi connectivity index (χ0n) is 23.7. The SMILES string of the molecule is COc1cc(/C=C/CN2CCN(C(c3cccc(C(F)(F)F)c3)c3nnnn3-c3c(C)cccc3C)CC2)ccc1O. The maximum atomic E-state index is 13.7. The van der Waals surface area contributed by atoms with Crippen LogP contribution in [0, 0.1) is 13.8 Å². The zero-order valence-corrected chi connectivity index (χ0v) is 23.7. The smallest absolute Gasteiger partial charge is 0.416 e. The minimum absolute atomic E-state index is 0.0877. The fourth-order valence-electron chi connectivity index (χ4n) is 5.41. The number of methoxy groups -OCH3 is 1. The van der Waals surface area contributed by atoms with Crippen LogP contribution in [-0.4, -0.2) is 74.9 Å². The predicted octanol–water partition coefficient (Wildman–Crippen LogP) is 5.43. The van der Waals surface area contributed by atoms with E-state index in [0.717, 1.165) is 28.4 Å². The van der Waals surface area contributed by atoms with E-state index in [4.69, 9.17) is 4.74 Å². The highest BCUT2D eigenvalue weighted by Gasteiger charge is 2.35. The Morgan fingerprint density at radius 3 is 2.38 bits per heavy atom. The normalized spacial score (nSPS) is 15.8. The molecule has 220 valence electrons. The fraction of sp³-hybridized carbons (Fsp3) is 0.323. The first-order valence-corrected chi connectivity index (χ1v) is 13.7. The van der Waals surface area contributed by atoms with Gasteiger partial charge in [-0.1, -0.05) is 48.6 Å². The van der Waals surface area contributed by atoms with Crippen LogP contribution in [0.5, 0.6) is 11.5 Å². The number of ether oxygens (including phenoxy) is 1. The van der Waals surface area contributed by atoms with Crippen molar-refractivity contribution < 1.29 is 23.0 Å². The third kappa shape index (κ3) is 6.32. The van der Waals surface area contributed by atoms with Crippen LogP contribution < -0.4 is 4.74 Å². The summed E-state index contributed by atoms with van der Waals surface area (Å²) >= 11 is 0. The average molecular weight is 579 g/mol. The average Bonchev–Trinajstić information content (AvgIpc) is 3.43. The van der Waals surface area contributed by atoms with Crippen LogP contribution in [0.2, 0.25) is 0 Å². The summed E-state index contributed by atoms with van der Waals surface area (Å²) in [4.78, 5) is 4.43. The first-order valence-electron chi connectivity index (χ1n) is 13.7. The van der Waals surface area contributed by atoms with Gasteiger partial charge in [0, 0.05) is 32.7 Å². The van der Waals surface area contributed by atoms with Crippen molar-refractivity contribution >= 4 is 6.08 Å². The molecule has 1 N–H and O–H groups in total. The Morgan fingerprint density at radius 2 is 1.69 bits per heavy atom. The third-order valence-electron chi connectivity index (χ3n) is 7.57. The summed E-state index contributed by atoms with van der Waals surface area (Å²) in [5.74, 6) is 0.973. The molecule has 0 aliphatic carbocycles. The molecule has 0 saturated carbocycles. The maximum Gasteiger partial charge on any atom is 0.416 e. The number of hydrogen-bond acceptors (Lipinski definition) is 7. The maximum absolute atomic E-state index is 13.7. The van der Waals surface area contributed by atoms with Gasteiger partial charge in [-0.3, -0.25) is 9.80 Å². The largest absolute Gasteiger partial charge is 0.504 e. The summed E-state index contributed by atoms with van der Waals surface area (Å²) in [6.45, 7) is 7.28. The van der Waals surface area contributed by atoms with E-state index in [-0.39, 0.29) is 5.75 Å². The van der Waals surface area contributed by atoms with E-state index in [9.17, 15) is 18.3 Å². The monoisotopic (exact) mass is 578 g/mol. The highest BCUT2D eigenvalue weighted by molar-refractivity contribution is 5.55. The standard InChI is InChI=1S/C31H33F3N6O2/c1-21-7-4-8-22(2)28(21)40-30(35-36-37-40)29(24-10-5-11-25(20-24)31(32,33)34)39-17-15-38(16-18-39)14-6-9-23-12-13-26(41)27(19-23)42-3/h4-13,19-20,29,41H,14-18H2,1-3H3/b9-6+. The summed E-state index contributed by atoms with van der Waals surface area (Å²) in [6, 6.07) is 15.9. The predicted molar refractivity (Wildman–Crippen MR) is 154 cm³/mol. The second kappa shape index (κ2) is 12.3. The molecule has 1 unspecified atom stereocenters. The summed E-state index contributed by atoms with van der Waals surface area (Å²) in [6.07, 6.45) is -0.447. The molecule has 0 radical (unpaired) electrons. The number of phenols is 1. The number of aromatic hydroxyl groups is 1. The Kier molecular flexibility index (Phi) is 8.60. The number of hydrogen-bond donors (Lipinski definition) is 1. The molecule has 1 saturated heterocycles. The number of phenolic OH excluding ortho intramolecular Hbond substituents is 1. The van der Waals surface area contributed by atoms with Gasteiger partial charge in [0.25, 0.3) is 0 Å². The van der Waals surface area contributed by atoms with E-state index in [0.29, 0.717) is 49.9 Å². The van der Waals surface area contributed by atoms with Crippen molar-refractivity contribution in [1.29, 1.82) is 0 Å². The van der Waals surface area contributed by atoms with Gasteiger partial charge in [-0.05, 0) is 70.8 Å². The Balaban J connectivity index is 1.40. The second-order valence-corrected chi connectivity index (χ2v) is 10.4. The van der Waals surface area contributed by atoms with Gasteiger partial charge >= 0.3 is 6.18 Å². The van der Waals surface area contributed by atoms with Gasteiger partial charge in [-0.25, -0.2) is 0 Å². The minimum Gasteiger partial charge on any atom is -0.504 e. The molecular weight excluding hydrogens is 545 g/mol. The van der Waals surface area contributed by atoms with Crippen LogP contribution in [0.3, 0.4) is 0 Å². The fourth-order valence-corrected chi connectivity index (χ4v) is 5.41.